The molecular formula is C12H14BrN. The van der Waals surface area contributed by atoms with Crippen LogP contribution in [0.4, 0.5) is 5.69 Å². The number of rotatable bonds is 1. The van der Waals surface area contributed by atoms with Crippen LogP contribution in [0.15, 0.2) is 22.7 Å². The molecule has 1 spiro atoms. The van der Waals surface area contributed by atoms with Crippen molar-refractivity contribution in [2.75, 3.05) is 18.0 Å². The fourth-order valence-corrected chi connectivity index (χ4v) is 2.51. The van der Waals surface area contributed by atoms with Gasteiger partial charge in [0.1, 0.15) is 0 Å². The summed E-state index contributed by atoms with van der Waals surface area (Å²) in [7, 11) is 0. The van der Waals surface area contributed by atoms with Crippen molar-refractivity contribution < 1.29 is 0 Å². The van der Waals surface area contributed by atoms with Crippen molar-refractivity contribution in [3.63, 3.8) is 0 Å². The predicted octanol–water partition coefficient (Wildman–Crippen LogP) is 3.36. The second kappa shape index (κ2) is 2.75. The molecule has 1 saturated heterocycles. The molecule has 2 heteroatoms. The summed E-state index contributed by atoms with van der Waals surface area (Å²) in [5, 5.41) is 0. The summed E-state index contributed by atoms with van der Waals surface area (Å²) in [4.78, 5) is 2.49. The highest BCUT2D eigenvalue weighted by Crippen LogP contribution is 2.53. The van der Waals surface area contributed by atoms with Gasteiger partial charge in [-0.15, -0.1) is 0 Å². The van der Waals surface area contributed by atoms with E-state index in [0.717, 1.165) is 5.41 Å². The molecule has 0 radical (unpaired) electrons. The summed E-state index contributed by atoms with van der Waals surface area (Å²) >= 11 is 3.53. The molecule has 0 bridgehead atoms. The Hall–Kier alpha value is -0.500. The van der Waals surface area contributed by atoms with E-state index in [9.17, 15) is 0 Å². The molecule has 14 heavy (non-hydrogen) atoms. The molecular weight excluding hydrogens is 238 g/mol. The maximum absolute atomic E-state index is 3.53. The minimum atomic E-state index is 0.751. The Labute approximate surface area is 93.2 Å². The molecule has 1 aliphatic heterocycles. The van der Waals surface area contributed by atoms with Gasteiger partial charge in [-0.2, -0.15) is 0 Å². The largest absolute Gasteiger partial charge is 0.370 e. The minimum absolute atomic E-state index is 0.751. The molecule has 0 atom stereocenters. The van der Waals surface area contributed by atoms with E-state index in [0.29, 0.717) is 0 Å². The van der Waals surface area contributed by atoms with Gasteiger partial charge in [0.05, 0.1) is 0 Å². The van der Waals surface area contributed by atoms with Gasteiger partial charge in [-0.25, -0.2) is 0 Å². The Balaban J connectivity index is 1.80. The Morgan fingerprint density at radius 3 is 2.57 bits per heavy atom. The van der Waals surface area contributed by atoms with E-state index in [4.69, 9.17) is 0 Å². The average Bonchev–Trinajstić information content (AvgIpc) is 2.87. The van der Waals surface area contributed by atoms with Crippen LogP contribution in [0, 0.1) is 12.3 Å². The standard InChI is InChI=1S/C12H14BrN/c1-9-6-10(2-3-11(9)13)14-7-12(8-14)4-5-12/h2-3,6H,4-5,7-8H2,1H3. The molecule has 3 rings (SSSR count). The van der Waals surface area contributed by atoms with Crippen LogP contribution in [-0.2, 0) is 0 Å². The predicted molar refractivity (Wildman–Crippen MR) is 62.8 cm³/mol. The summed E-state index contributed by atoms with van der Waals surface area (Å²) in [6.07, 6.45) is 2.91. The number of anilines is 1. The summed E-state index contributed by atoms with van der Waals surface area (Å²) in [5.74, 6) is 0. The van der Waals surface area contributed by atoms with Crippen molar-refractivity contribution in [1.82, 2.24) is 0 Å². The highest BCUT2D eigenvalue weighted by atomic mass is 79.9. The van der Waals surface area contributed by atoms with Gasteiger partial charge in [-0.3, -0.25) is 0 Å². The lowest BCUT2D eigenvalue weighted by Gasteiger charge is -2.42. The van der Waals surface area contributed by atoms with Gasteiger partial charge in [0, 0.05) is 28.7 Å². The van der Waals surface area contributed by atoms with Crippen molar-refractivity contribution in [2.45, 2.75) is 19.8 Å². The normalized spacial score (nSPS) is 22.3. The third-order valence-electron chi connectivity index (χ3n) is 3.52. The van der Waals surface area contributed by atoms with Crippen LogP contribution < -0.4 is 4.90 Å². The fraction of sp³-hybridized carbons (Fsp3) is 0.500. The number of aryl methyl sites for hydroxylation is 1. The Bertz CT molecular complexity index is 374. The first-order valence-corrected chi connectivity index (χ1v) is 5.99. The van der Waals surface area contributed by atoms with Crippen molar-refractivity contribution in [1.29, 1.82) is 0 Å². The molecule has 1 aromatic carbocycles. The molecule has 1 aliphatic carbocycles. The number of hydrogen-bond donors (Lipinski definition) is 0. The molecule has 0 aromatic heterocycles. The maximum atomic E-state index is 3.53. The van der Waals surface area contributed by atoms with Crippen molar-refractivity contribution in [3.8, 4) is 0 Å². The first-order chi connectivity index (χ1) is 6.69. The number of hydrogen-bond acceptors (Lipinski definition) is 1. The molecule has 0 N–H and O–H groups in total. The molecule has 0 amide bonds. The van der Waals surface area contributed by atoms with E-state index in [2.05, 4.69) is 46.0 Å². The molecule has 2 aliphatic rings. The van der Waals surface area contributed by atoms with Crippen molar-refractivity contribution in [2.24, 2.45) is 5.41 Å². The topological polar surface area (TPSA) is 3.24 Å². The van der Waals surface area contributed by atoms with E-state index >= 15 is 0 Å². The molecule has 1 saturated carbocycles. The van der Waals surface area contributed by atoms with Crippen LogP contribution in [0.25, 0.3) is 0 Å². The molecule has 1 heterocycles. The van der Waals surface area contributed by atoms with Crippen LogP contribution in [0.3, 0.4) is 0 Å². The van der Waals surface area contributed by atoms with Crippen LogP contribution in [0.5, 0.6) is 0 Å². The fourth-order valence-electron chi connectivity index (χ4n) is 2.26. The molecule has 0 unspecified atom stereocenters. The SMILES string of the molecule is Cc1cc(N2CC3(CC3)C2)ccc1Br. The Morgan fingerprint density at radius 1 is 1.29 bits per heavy atom. The molecule has 1 nitrogen and oxygen atoms in total. The van der Waals surface area contributed by atoms with Crippen LogP contribution in [-0.4, -0.2) is 13.1 Å². The third-order valence-corrected chi connectivity index (χ3v) is 4.41. The van der Waals surface area contributed by atoms with Crippen LogP contribution in [0.2, 0.25) is 0 Å². The quantitative estimate of drug-likeness (QED) is 0.740. The van der Waals surface area contributed by atoms with E-state index in [1.807, 2.05) is 0 Å². The second-order valence-corrected chi connectivity index (χ2v) is 5.64. The van der Waals surface area contributed by atoms with Gasteiger partial charge in [-0.1, -0.05) is 15.9 Å². The van der Waals surface area contributed by atoms with E-state index in [-0.39, 0.29) is 0 Å². The maximum Gasteiger partial charge on any atom is 0.0370 e. The van der Waals surface area contributed by atoms with Crippen molar-refractivity contribution in [3.05, 3.63) is 28.2 Å². The van der Waals surface area contributed by atoms with Gasteiger partial charge >= 0.3 is 0 Å². The monoisotopic (exact) mass is 251 g/mol. The summed E-state index contributed by atoms with van der Waals surface area (Å²) in [6.45, 7) is 4.72. The smallest absolute Gasteiger partial charge is 0.0370 e. The third kappa shape index (κ3) is 1.28. The summed E-state index contributed by atoms with van der Waals surface area (Å²) in [6, 6.07) is 6.65. The summed E-state index contributed by atoms with van der Waals surface area (Å²) in [5.41, 5.74) is 3.48. The number of halogens is 1. The highest BCUT2D eigenvalue weighted by molar-refractivity contribution is 9.10. The van der Waals surface area contributed by atoms with Gasteiger partial charge < -0.3 is 4.90 Å². The lowest BCUT2D eigenvalue weighted by molar-refractivity contribution is 0.387. The first-order valence-electron chi connectivity index (χ1n) is 5.20. The van der Waals surface area contributed by atoms with Gasteiger partial charge in [0.15, 0.2) is 0 Å². The van der Waals surface area contributed by atoms with Crippen molar-refractivity contribution >= 4 is 21.6 Å². The zero-order valence-corrected chi connectivity index (χ0v) is 9.97. The number of benzene rings is 1. The van der Waals surface area contributed by atoms with Crippen LogP contribution >= 0.6 is 15.9 Å². The molecule has 1 aromatic rings. The minimum Gasteiger partial charge on any atom is -0.370 e. The zero-order chi connectivity index (χ0) is 9.76. The van der Waals surface area contributed by atoms with Gasteiger partial charge in [0.25, 0.3) is 0 Å². The zero-order valence-electron chi connectivity index (χ0n) is 8.39. The van der Waals surface area contributed by atoms with Gasteiger partial charge in [-0.05, 0) is 43.5 Å². The second-order valence-electron chi connectivity index (χ2n) is 4.79. The molecule has 74 valence electrons. The lowest BCUT2D eigenvalue weighted by atomic mass is 9.96. The lowest BCUT2D eigenvalue weighted by Crippen LogP contribution is -2.48. The average molecular weight is 252 g/mol. The van der Waals surface area contributed by atoms with E-state index in [1.165, 1.54) is 41.7 Å². The number of nitrogens with zero attached hydrogens (tertiary/aromatic N) is 1. The Kier molecular flexibility index (Phi) is 1.73. The van der Waals surface area contributed by atoms with E-state index in [1.54, 1.807) is 0 Å². The van der Waals surface area contributed by atoms with Crippen LogP contribution in [0.1, 0.15) is 18.4 Å². The van der Waals surface area contributed by atoms with E-state index < -0.39 is 0 Å². The first kappa shape index (κ1) is 8.78. The highest BCUT2D eigenvalue weighted by Gasteiger charge is 2.52. The Morgan fingerprint density at radius 2 is 2.00 bits per heavy atom. The summed E-state index contributed by atoms with van der Waals surface area (Å²) < 4.78 is 1.21. The molecule has 2 fully saturated rings. The van der Waals surface area contributed by atoms with Gasteiger partial charge in [0.2, 0.25) is 0 Å².